The van der Waals surface area contributed by atoms with Crippen molar-refractivity contribution in [2.24, 2.45) is 5.92 Å². The van der Waals surface area contributed by atoms with Gasteiger partial charge in [-0.3, -0.25) is 9.59 Å². The molecule has 2 N–H and O–H groups in total. The summed E-state index contributed by atoms with van der Waals surface area (Å²) in [5, 5.41) is 3.31. The van der Waals surface area contributed by atoms with Crippen LogP contribution in [0.3, 0.4) is 0 Å². The number of aryl methyl sites for hydroxylation is 1. The van der Waals surface area contributed by atoms with Gasteiger partial charge < -0.3 is 10.2 Å². The van der Waals surface area contributed by atoms with Crippen LogP contribution < -0.4 is 14.9 Å². The molecular formula is C20H22ClN3O4S. The van der Waals surface area contributed by atoms with Gasteiger partial charge in [0, 0.05) is 35.9 Å². The SMILES string of the molecule is CCNS(=O)(=O)c1ccc(NC(=O)[C@@H]2CC(=O)N(c3ccc(C)c(Cl)c3)C2)cc1. The van der Waals surface area contributed by atoms with Crippen molar-refractivity contribution in [1.82, 2.24) is 4.72 Å². The molecule has 9 heteroatoms. The fraction of sp³-hybridized carbons (Fsp3) is 0.300. The third-order valence-corrected chi connectivity index (χ3v) is 6.70. The number of sulfonamides is 1. The lowest BCUT2D eigenvalue weighted by Gasteiger charge is -2.17. The molecule has 2 aromatic rings. The Hall–Kier alpha value is -2.42. The summed E-state index contributed by atoms with van der Waals surface area (Å²) in [4.78, 5) is 26.7. The second-order valence-electron chi connectivity index (χ2n) is 6.85. The van der Waals surface area contributed by atoms with Crippen LogP contribution in [0.4, 0.5) is 11.4 Å². The van der Waals surface area contributed by atoms with E-state index in [2.05, 4.69) is 10.0 Å². The van der Waals surface area contributed by atoms with Gasteiger partial charge in [0.05, 0.1) is 10.8 Å². The molecule has 0 bridgehead atoms. The number of anilines is 2. The van der Waals surface area contributed by atoms with E-state index < -0.39 is 15.9 Å². The zero-order valence-electron chi connectivity index (χ0n) is 16.1. The number of halogens is 1. The summed E-state index contributed by atoms with van der Waals surface area (Å²) in [5.41, 5.74) is 2.05. The zero-order valence-corrected chi connectivity index (χ0v) is 17.7. The highest BCUT2D eigenvalue weighted by atomic mass is 35.5. The van der Waals surface area contributed by atoms with Crippen molar-refractivity contribution in [2.75, 3.05) is 23.3 Å². The average Bonchev–Trinajstić information content (AvgIpc) is 3.06. The zero-order chi connectivity index (χ0) is 21.2. The third kappa shape index (κ3) is 4.77. The maximum absolute atomic E-state index is 12.6. The van der Waals surface area contributed by atoms with Gasteiger partial charge in [0.25, 0.3) is 0 Å². The van der Waals surface area contributed by atoms with Crippen LogP contribution in [0.25, 0.3) is 0 Å². The van der Waals surface area contributed by atoms with Crippen molar-refractivity contribution < 1.29 is 18.0 Å². The van der Waals surface area contributed by atoms with E-state index in [1.165, 1.54) is 24.3 Å². The minimum absolute atomic E-state index is 0.101. The highest BCUT2D eigenvalue weighted by molar-refractivity contribution is 7.89. The van der Waals surface area contributed by atoms with Gasteiger partial charge in [-0.1, -0.05) is 24.6 Å². The molecule has 154 valence electrons. The van der Waals surface area contributed by atoms with Crippen LogP contribution in [0.1, 0.15) is 18.9 Å². The van der Waals surface area contributed by atoms with E-state index in [-0.39, 0.29) is 29.7 Å². The van der Waals surface area contributed by atoms with E-state index >= 15 is 0 Å². The smallest absolute Gasteiger partial charge is 0.240 e. The lowest BCUT2D eigenvalue weighted by molar-refractivity contribution is -0.122. The molecule has 0 saturated carbocycles. The monoisotopic (exact) mass is 435 g/mol. The first kappa shape index (κ1) is 21.3. The Kier molecular flexibility index (Phi) is 6.26. The summed E-state index contributed by atoms with van der Waals surface area (Å²) in [5.74, 6) is -0.939. The van der Waals surface area contributed by atoms with Gasteiger partial charge in [-0.25, -0.2) is 13.1 Å². The number of hydrogen-bond acceptors (Lipinski definition) is 4. The Labute approximate surface area is 175 Å². The number of nitrogens with one attached hydrogen (secondary N) is 2. The second kappa shape index (κ2) is 8.52. The summed E-state index contributed by atoms with van der Waals surface area (Å²) in [7, 11) is -3.55. The number of benzene rings is 2. The normalized spacial score (nSPS) is 16.9. The first-order chi connectivity index (χ1) is 13.7. The quantitative estimate of drug-likeness (QED) is 0.729. The van der Waals surface area contributed by atoms with Crippen LogP contribution in [0.5, 0.6) is 0 Å². The van der Waals surface area contributed by atoms with Crippen molar-refractivity contribution in [3.63, 3.8) is 0 Å². The molecule has 0 radical (unpaired) electrons. The Bertz CT molecular complexity index is 1040. The lowest BCUT2D eigenvalue weighted by Crippen LogP contribution is -2.28. The lowest BCUT2D eigenvalue weighted by atomic mass is 10.1. The fourth-order valence-corrected chi connectivity index (χ4v) is 4.33. The Morgan fingerprint density at radius 3 is 2.52 bits per heavy atom. The van der Waals surface area contributed by atoms with Crippen LogP contribution in [-0.2, 0) is 19.6 Å². The maximum atomic E-state index is 12.6. The summed E-state index contributed by atoms with van der Waals surface area (Å²) in [6, 6.07) is 11.3. The minimum atomic E-state index is -3.55. The van der Waals surface area contributed by atoms with Gasteiger partial charge in [-0.2, -0.15) is 0 Å². The number of hydrogen-bond donors (Lipinski definition) is 2. The van der Waals surface area contributed by atoms with Crippen molar-refractivity contribution in [1.29, 1.82) is 0 Å². The molecule has 0 spiro atoms. The topological polar surface area (TPSA) is 95.6 Å². The number of carbonyl (C=O) groups excluding carboxylic acids is 2. The van der Waals surface area contributed by atoms with Crippen LogP contribution in [-0.4, -0.2) is 33.3 Å². The summed E-state index contributed by atoms with van der Waals surface area (Å²) >= 11 is 6.15. The van der Waals surface area contributed by atoms with E-state index in [1.54, 1.807) is 17.9 Å². The van der Waals surface area contributed by atoms with Gasteiger partial charge in [-0.15, -0.1) is 0 Å². The van der Waals surface area contributed by atoms with Gasteiger partial charge in [0.2, 0.25) is 21.8 Å². The first-order valence-electron chi connectivity index (χ1n) is 9.18. The van der Waals surface area contributed by atoms with Gasteiger partial charge in [0.15, 0.2) is 0 Å². The molecule has 1 saturated heterocycles. The molecular weight excluding hydrogens is 414 g/mol. The number of rotatable bonds is 6. The molecule has 0 unspecified atom stereocenters. The molecule has 1 aliphatic heterocycles. The van der Waals surface area contributed by atoms with E-state index in [0.717, 1.165) is 5.56 Å². The Morgan fingerprint density at radius 1 is 1.21 bits per heavy atom. The molecule has 7 nitrogen and oxygen atoms in total. The molecule has 3 rings (SSSR count). The fourth-order valence-electron chi connectivity index (χ4n) is 3.12. The van der Waals surface area contributed by atoms with Crippen LogP contribution in [0, 0.1) is 12.8 Å². The van der Waals surface area contributed by atoms with E-state index in [9.17, 15) is 18.0 Å². The van der Waals surface area contributed by atoms with Gasteiger partial charge >= 0.3 is 0 Å². The highest BCUT2D eigenvalue weighted by Gasteiger charge is 2.35. The summed E-state index contributed by atoms with van der Waals surface area (Å²) < 4.78 is 26.4. The van der Waals surface area contributed by atoms with Crippen molar-refractivity contribution >= 4 is 44.8 Å². The predicted octanol–water partition coefficient (Wildman–Crippen LogP) is 2.94. The van der Waals surface area contributed by atoms with Gasteiger partial charge in [0.1, 0.15) is 0 Å². The Balaban J connectivity index is 1.67. The van der Waals surface area contributed by atoms with Gasteiger partial charge in [-0.05, 0) is 48.9 Å². The summed E-state index contributed by atoms with van der Waals surface area (Å²) in [6.45, 7) is 4.13. The first-order valence-corrected chi connectivity index (χ1v) is 11.0. The van der Waals surface area contributed by atoms with E-state index in [4.69, 9.17) is 11.6 Å². The number of amides is 2. The van der Waals surface area contributed by atoms with Crippen molar-refractivity contribution in [2.45, 2.75) is 25.2 Å². The molecule has 2 amide bonds. The van der Waals surface area contributed by atoms with E-state index in [1.807, 2.05) is 19.1 Å². The second-order valence-corrected chi connectivity index (χ2v) is 9.03. The van der Waals surface area contributed by atoms with E-state index in [0.29, 0.717) is 22.9 Å². The highest BCUT2D eigenvalue weighted by Crippen LogP contribution is 2.29. The Morgan fingerprint density at radius 2 is 1.90 bits per heavy atom. The van der Waals surface area contributed by atoms with Crippen LogP contribution >= 0.6 is 11.6 Å². The molecule has 1 aliphatic rings. The van der Waals surface area contributed by atoms with Crippen molar-refractivity contribution in [3.8, 4) is 0 Å². The third-order valence-electron chi connectivity index (χ3n) is 4.73. The molecule has 1 fully saturated rings. The summed E-state index contributed by atoms with van der Waals surface area (Å²) in [6.07, 6.45) is 0.101. The van der Waals surface area contributed by atoms with Crippen LogP contribution in [0.2, 0.25) is 5.02 Å². The van der Waals surface area contributed by atoms with Crippen molar-refractivity contribution in [3.05, 3.63) is 53.1 Å². The maximum Gasteiger partial charge on any atom is 0.240 e. The average molecular weight is 436 g/mol. The largest absolute Gasteiger partial charge is 0.326 e. The molecule has 1 heterocycles. The molecule has 29 heavy (non-hydrogen) atoms. The molecule has 0 aromatic heterocycles. The predicted molar refractivity (Wildman–Crippen MR) is 113 cm³/mol. The molecule has 1 atom stereocenters. The molecule has 0 aliphatic carbocycles. The molecule has 2 aromatic carbocycles. The number of nitrogens with zero attached hydrogens (tertiary/aromatic N) is 1. The van der Waals surface area contributed by atoms with Crippen LogP contribution in [0.15, 0.2) is 47.4 Å². The number of carbonyl (C=O) groups is 2. The standard InChI is InChI=1S/C20H22ClN3O4S/c1-3-22-29(27,28)17-8-5-15(6-9-17)23-20(26)14-10-19(25)24(12-14)16-7-4-13(2)18(21)11-16/h4-9,11,14,22H,3,10,12H2,1-2H3,(H,23,26)/t14-/m1/s1. The minimum Gasteiger partial charge on any atom is -0.326 e.